The summed E-state index contributed by atoms with van der Waals surface area (Å²) >= 11 is 5.88. The van der Waals surface area contributed by atoms with E-state index >= 15 is 0 Å². The molecule has 1 aromatic rings. The Balaban J connectivity index is 1.93. The zero-order chi connectivity index (χ0) is 23.1. The van der Waals surface area contributed by atoms with Crippen molar-refractivity contribution in [3.8, 4) is 0 Å². The lowest BCUT2D eigenvalue weighted by Gasteiger charge is -2.33. The van der Waals surface area contributed by atoms with Crippen LogP contribution in [0.1, 0.15) is 26.7 Å². The molecule has 172 valence electrons. The number of anilines is 1. The molecule has 0 bridgehead atoms. The van der Waals surface area contributed by atoms with Gasteiger partial charge in [0.05, 0.1) is 28.5 Å². The molecule has 31 heavy (non-hydrogen) atoms. The predicted octanol–water partition coefficient (Wildman–Crippen LogP) is 1.64. The minimum Gasteiger partial charge on any atom is -0.478 e. The van der Waals surface area contributed by atoms with Gasteiger partial charge in [0.2, 0.25) is 10.0 Å². The van der Waals surface area contributed by atoms with Gasteiger partial charge in [0.25, 0.3) is 0 Å². The molecule has 9 nitrogen and oxygen atoms in total. The highest BCUT2D eigenvalue weighted by Gasteiger charge is 2.53. The van der Waals surface area contributed by atoms with E-state index in [-0.39, 0.29) is 23.6 Å². The number of aliphatic carboxylic acids is 1. The number of hydrogen-bond donors (Lipinski definition) is 4. The Hall–Kier alpha value is -1.76. The molecule has 2 aliphatic rings. The second kappa shape index (κ2) is 8.64. The van der Waals surface area contributed by atoms with E-state index in [0.717, 1.165) is 24.3 Å². The van der Waals surface area contributed by atoms with Crippen LogP contribution in [0, 0.1) is 5.82 Å². The van der Waals surface area contributed by atoms with Crippen LogP contribution in [0.3, 0.4) is 0 Å². The Bertz CT molecular complexity index is 981. The standard InChI is InChI=1S/C19H23ClFNO8S/c1-9(23)16-17(10(2)24)30-19(29-16)6-5-15(12(8-19)18(25)26)31(27,28)22-14-4-3-11(21)7-13(14)20/h3-4,7-10,15-17,22-24H,5-6H2,1-2H3,(H,25,26)/t9-,10-,15?,16-,17-/m1/s1. The first-order valence-electron chi connectivity index (χ1n) is 9.50. The number of benzene rings is 1. The van der Waals surface area contributed by atoms with Crippen molar-refractivity contribution in [3.63, 3.8) is 0 Å². The molecule has 12 heteroatoms. The second-order valence-electron chi connectivity index (χ2n) is 7.66. The van der Waals surface area contributed by atoms with E-state index in [1.165, 1.54) is 13.8 Å². The van der Waals surface area contributed by atoms with Crippen molar-refractivity contribution in [2.75, 3.05) is 4.72 Å². The quantitative estimate of drug-likeness (QED) is 0.482. The summed E-state index contributed by atoms with van der Waals surface area (Å²) in [5.74, 6) is -3.76. The van der Waals surface area contributed by atoms with Crippen LogP contribution in [0.5, 0.6) is 0 Å². The molecule has 1 saturated heterocycles. The average Bonchev–Trinajstić information content (AvgIpc) is 3.03. The molecule has 5 atom stereocenters. The van der Waals surface area contributed by atoms with Crippen molar-refractivity contribution in [2.45, 2.75) is 62.1 Å². The Kier molecular flexibility index (Phi) is 6.66. The lowest BCUT2D eigenvalue weighted by Crippen LogP contribution is -2.42. The number of carboxylic acid groups (broad SMARTS) is 1. The number of nitrogens with one attached hydrogen (secondary N) is 1. The maximum Gasteiger partial charge on any atom is 0.332 e. The molecular weight excluding hydrogens is 457 g/mol. The lowest BCUT2D eigenvalue weighted by molar-refractivity contribution is -0.160. The third-order valence-electron chi connectivity index (χ3n) is 5.23. The highest BCUT2D eigenvalue weighted by Crippen LogP contribution is 2.42. The van der Waals surface area contributed by atoms with Crippen LogP contribution in [-0.4, -0.2) is 65.2 Å². The van der Waals surface area contributed by atoms with Crippen molar-refractivity contribution >= 4 is 33.3 Å². The third kappa shape index (κ3) is 4.86. The van der Waals surface area contributed by atoms with E-state index in [9.17, 15) is 32.9 Å². The molecule has 0 radical (unpaired) electrons. The zero-order valence-corrected chi connectivity index (χ0v) is 18.2. The van der Waals surface area contributed by atoms with Crippen LogP contribution >= 0.6 is 11.6 Å². The smallest absolute Gasteiger partial charge is 0.332 e. The van der Waals surface area contributed by atoms with Gasteiger partial charge in [0.1, 0.15) is 23.3 Å². The van der Waals surface area contributed by atoms with Gasteiger partial charge in [-0.05, 0) is 44.5 Å². The van der Waals surface area contributed by atoms with Gasteiger partial charge in [-0.2, -0.15) is 0 Å². The maximum absolute atomic E-state index is 13.2. The molecule has 1 heterocycles. The van der Waals surface area contributed by atoms with Crippen molar-refractivity contribution in [3.05, 3.63) is 40.7 Å². The molecule has 0 aromatic heterocycles. The van der Waals surface area contributed by atoms with E-state index in [2.05, 4.69) is 4.72 Å². The van der Waals surface area contributed by atoms with Crippen molar-refractivity contribution < 1.29 is 42.4 Å². The topological polar surface area (TPSA) is 142 Å². The molecule has 0 amide bonds. The number of ether oxygens (including phenoxy) is 2. The second-order valence-corrected chi connectivity index (χ2v) is 9.93. The lowest BCUT2D eigenvalue weighted by atomic mass is 9.94. The summed E-state index contributed by atoms with van der Waals surface area (Å²) in [4.78, 5) is 11.9. The van der Waals surface area contributed by atoms with Crippen LogP contribution in [0.15, 0.2) is 29.8 Å². The summed E-state index contributed by atoms with van der Waals surface area (Å²) in [7, 11) is -4.29. The van der Waals surface area contributed by atoms with Crippen LogP contribution < -0.4 is 4.72 Å². The summed E-state index contributed by atoms with van der Waals surface area (Å²) in [6.07, 6.45) is -3.09. The number of hydrogen-bond acceptors (Lipinski definition) is 7. The van der Waals surface area contributed by atoms with Crippen molar-refractivity contribution in [2.24, 2.45) is 0 Å². The van der Waals surface area contributed by atoms with Gasteiger partial charge < -0.3 is 24.8 Å². The largest absolute Gasteiger partial charge is 0.478 e. The van der Waals surface area contributed by atoms with Crippen LogP contribution in [0.2, 0.25) is 5.02 Å². The molecule has 1 aliphatic carbocycles. The van der Waals surface area contributed by atoms with Gasteiger partial charge in [-0.15, -0.1) is 0 Å². The van der Waals surface area contributed by atoms with E-state index < -0.39 is 62.8 Å². The van der Waals surface area contributed by atoms with E-state index in [0.29, 0.717) is 0 Å². The molecule has 0 saturated carbocycles. The fourth-order valence-corrected chi connectivity index (χ4v) is 5.59. The van der Waals surface area contributed by atoms with Gasteiger partial charge in [-0.1, -0.05) is 11.6 Å². The first-order valence-corrected chi connectivity index (χ1v) is 11.4. The molecular formula is C19H23ClFNO8S. The number of sulfonamides is 1. The highest BCUT2D eigenvalue weighted by molar-refractivity contribution is 7.93. The SMILES string of the molecule is C[C@@H](O)[C@H]1OC2(C=C(C(=O)O)C(S(=O)(=O)Nc3ccc(F)cc3Cl)CC2)O[C@@H]1[C@@H](C)O. The van der Waals surface area contributed by atoms with Crippen molar-refractivity contribution in [1.82, 2.24) is 0 Å². The Morgan fingerprint density at radius 3 is 2.32 bits per heavy atom. The normalized spacial score (nSPS) is 30.6. The van der Waals surface area contributed by atoms with E-state index in [4.69, 9.17) is 21.1 Å². The van der Waals surface area contributed by atoms with Gasteiger partial charge in [-0.3, -0.25) is 4.72 Å². The monoisotopic (exact) mass is 479 g/mol. The molecule has 1 aliphatic heterocycles. The Morgan fingerprint density at radius 2 is 1.84 bits per heavy atom. The molecule has 3 rings (SSSR count). The Morgan fingerprint density at radius 1 is 1.26 bits per heavy atom. The van der Waals surface area contributed by atoms with Crippen LogP contribution in [0.25, 0.3) is 0 Å². The van der Waals surface area contributed by atoms with E-state index in [1.54, 1.807) is 0 Å². The summed E-state index contributed by atoms with van der Waals surface area (Å²) in [6, 6.07) is 3.07. The van der Waals surface area contributed by atoms with Gasteiger partial charge in [0, 0.05) is 6.42 Å². The van der Waals surface area contributed by atoms with Gasteiger partial charge in [-0.25, -0.2) is 17.6 Å². The molecule has 1 spiro atoms. The fraction of sp³-hybridized carbons (Fsp3) is 0.526. The molecule has 4 N–H and O–H groups in total. The summed E-state index contributed by atoms with van der Waals surface area (Å²) in [6.45, 7) is 2.88. The molecule has 1 unspecified atom stereocenters. The minimum atomic E-state index is -4.29. The zero-order valence-electron chi connectivity index (χ0n) is 16.7. The Labute approximate surface area is 183 Å². The number of carboxylic acids is 1. The average molecular weight is 480 g/mol. The number of aliphatic hydroxyl groups excluding tert-OH is 2. The number of rotatable bonds is 6. The van der Waals surface area contributed by atoms with Crippen LogP contribution in [0.4, 0.5) is 10.1 Å². The summed E-state index contributed by atoms with van der Waals surface area (Å²) in [5, 5.41) is 27.9. The van der Waals surface area contributed by atoms with E-state index in [1.807, 2.05) is 0 Å². The molecule has 1 fully saturated rings. The summed E-state index contributed by atoms with van der Waals surface area (Å²) in [5.41, 5.74) is -0.586. The molecule has 1 aromatic carbocycles. The highest BCUT2D eigenvalue weighted by atomic mass is 35.5. The summed E-state index contributed by atoms with van der Waals surface area (Å²) < 4.78 is 52.8. The number of aliphatic hydroxyl groups is 2. The first-order chi connectivity index (χ1) is 14.3. The number of carbonyl (C=O) groups is 1. The van der Waals surface area contributed by atoms with Crippen molar-refractivity contribution in [1.29, 1.82) is 0 Å². The predicted molar refractivity (Wildman–Crippen MR) is 109 cm³/mol. The minimum absolute atomic E-state index is 0.0427. The third-order valence-corrected chi connectivity index (χ3v) is 7.28. The first kappa shape index (κ1) is 23.9. The number of halogens is 2. The van der Waals surface area contributed by atoms with Crippen LogP contribution in [-0.2, 0) is 24.3 Å². The fourth-order valence-electron chi connectivity index (χ4n) is 3.76. The van der Waals surface area contributed by atoms with Gasteiger partial charge >= 0.3 is 5.97 Å². The van der Waals surface area contributed by atoms with Gasteiger partial charge in [0.15, 0.2) is 5.79 Å². The maximum atomic E-state index is 13.2.